The molecule has 0 aliphatic carbocycles. The van der Waals surface area contributed by atoms with Crippen LogP contribution >= 0.6 is 0 Å². The molecule has 3 aromatic rings. The van der Waals surface area contributed by atoms with Crippen LogP contribution in [0.25, 0.3) is 11.3 Å². The van der Waals surface area contributed by atoms with Gasteiger partial charge in [-0.2, -0.15) is 13.2 Å². The van der Waals surface area contributed by atoms with Crippen molar-refractivity contribution in [2.24, 2.45) is 0 Å². The minimum atomic E-state index is -4.63. The van der Waals surface area contributed by atoms with E-state index in [1.807, 2.05) is 19.1 Å². The molecule has 0 bridgehead atoms. The van der Waals surface area contributed by atoms with E-state index in [1.54, 1.807) is 36.4 Å². The van der Waals surface area contributed by atoms with Gasteiger partial charge in [0.05, 0.1) is 41.1 Å². The minimum absolute atomic E-state index is 0.0685. The largest absolute Gasteiger partial charge is 0.477 e. The molecule has 4 rings (SSSR count). The lowest BCUT2D eigenvalue weighted by Gasteiger charge is -2.41. The fourth-order valence-corrected chi connectivity index (χ4v) is 4.62. The average molecular weight is 518 g/mol. The van der Waals surface area contributed by atoms with Crippen LogP contribution in [-0.2, 0) is 21.1 Å². The highest BCUT2D eigenvalue weighted by molar-refractivity contribution is 5.84. The Labute approximate surface area is 212 Å². The molecule has 0 unspecified atom stereocenters. The van der Waals surface area contributed by atoms with Crippen LogP contribution in [0.1, 0.15) is 37.8 Å². The third-order valence-corrected chi connectivity index (χ3v) is 6.54. The van der Waals surface area contributed by atoms with E-state index in [0.717, 1.165) is 12.1 Å². The Balaban J connectivity index is 1.60. The number of carbonyl (C=O) groups is 1. The third kappa shape index (κ3) is 5.38. The van der Waals surface area contributed by atoms with Gasteiger partial charge in [0, 0.05) is 25.5 Å². The fraction of sp³-hybridized carbons (Fsp3) is 0.370. The molecule has 0 radical (unpaired) electrons. The second-order valence-electron chi connectivity index (χ2n) is 8.67. The maximum atomic E-state index is 14.6. The van der Waals surface area contributed by atoms with E-state index in [2.05, 4.69) is 9.97 Å². The van der Waals surface area contributed by atoms with Crippen LogP contribution in [0.4, 0.5) is 23.2 Å². The molecule has 2 aromatic heterocycles. The highest BCUT2D eigenvalue weighted by atomic mass is 19.4. The highest BCUT2D eigenvalue weighted by Gasteiger charge is 2.45. The molecule has 1 aliphatic rings. The molecule has 1 saturated heterocycles. The number of hydrogen-bond acceptors (Lipinski definition) is 6. The second kappa shape index (κ2) is 10.7. The molecular weight excluding hydrogens is 490 g/mol. The maximum absolute atomic E-state index is 14.6. The number of anilines is 1. The SMILES string of the molecule is CCOC(=O)C1(c2ccc(-c3cccnc3OCC)nc2)CCN(c2ccc(C(F)(F)F)cc2F)CC1. The first-order valence-electron chi connectivity index (χ1n) is 12.0. The van der Waals surface area contributed by atoms with Crippen molar-refractivity contribution in [2.45, 2.75) is 38.3 Å². The van der Waals surface area contributed by atoms with Crippen molar-refractivity contribution < 1.29 is 31.8 Å². The van der Waals surface area contributed by atoms with Crippen LogP contribution in [0.2, 0.25) is 0 Å². The lowest BCUT2D eigenvalue weighted by Crippen LogP contribution is -2.48. The zero-order chi connectivity index (χ0) is 26.6. The number of benzene rings is 1. The summed E-state index contributed by atoms with van der Waals surface area (Å²) in [6.45, 7) is 4.72. The number of alkyl halides is 3. The number of hydrogen-bond donors (Lipinski definition) is 0. The van der Waals surface area contributed by atoms with E-state index in [-0.39, 0.29) is 38.2 Å². The second-order valence-corrected chi connectivity index (χ2v) is 8.67. The molecule has 10 heteroatoms. The molecule has 196 valence electrons. The van der Waals surface area contributed by atoms with Gasteiger partial charge in [-0.05, 0) is 68.7 Å². The standard InChI is InChI=1S/C27H27F4N3O3/c1-3-36-24-20(6-5-13-32-24)22-9-7-19(17-33-22)26(25(35)37-4-2)11-14-34(15-12-26)23-10-8-18(16-21(23)28)27(29,30)31/h5-10,13,16-17H,3-4,11-12,14-15H2,1-2H3. The molecule has 1 fully saturated rings. The molecule has 6 nitrogen and oxygen atoms in total. The monoisotopic (exact) mass is 517 g/mol. The highest BCUT2D eigenvalue weighted by Crippen LogP contribution is 2.40. The number of aromatic nitrogens is 2. The van der Waals surface area contributed by atoms with Crippen molar-refractivity contribution in [3.8, 4) is 17.1 Å². The normalized spacial score (nSPS) is 15.4. The molecule has 0 amide bonds. The van der Waals surface area contributed by atoms with Crippen LogP contribution < -0.4 is 9.64 Å². The molecule has 0 spiro atoms. The van der Waals surface area contributed by atoms with E-state index < -0.39 is 28.9 Å². The Morgan fingerprint density at radius 2 is 1.81 bits per heavy atom. The van der Waals surface area contributed by atoms with Crippen molar-refractivity contribution in [2.75, 3.05) is 31.2 Å². The molecule has 0 saturated carbocycles. The van der Waals surface area contributed by atoms with Gasteiger partial charge < -0.3 is 14.4 Å². The lowest BCUT2D eigenvalue weighted by molar-refractivity contribution is -0.151. The van der Waals surface area contributed by atoms with Crippen LogP contribution in [0.5, 0.6) is 5.88 Å². The van der Waals surface area contributed by atoms with Gasteiger partial charge >= 0.3 is 12.1 Å². The van der Waals surface area contributed by atoms with Gasteiger partial charge in [-0.1, -0.05) is 6.07 Å². The maximum Gasteiger partial charge on any atom is 0.416 e. The summed E-state index contributed by atoms with van der Waals surface area (Å²) in [5.74, 6) is -0.906. The van der Waals surface area contributed by atoms with Crippen LogP contribution in [-0.4, -0.2) is 42.2 Å². The number of piperidine rings is 1. The first kappa shape index (κ1) is 26.4. The molecule has 37 heavy (non-hydrogen) atoms. The Bertz CT molecular complexity index is 1240. The number of carbonyl (C=O) groups excluding carboxylic acids is 1. The summed E-state index contributed by atoms with van der Waals surface area (Å²) in [5.41, 5.74) is 0.0113. The molecule has 1 aromatic carbocycles. The lowest BCUT2D eigenvalue weighted by atomic mass is 9.73. The first-order valence-corrected chi connectivity index (χ1v) is 12.0. The first-order chi connectivity index (χ1) is 17.7. The van der Waals surface area contributed by atoms with Gasteiger partial charge in [0.1, 0.15) is 5.82 Å². The Hall–Kier alpha value is -3.69. The summed E-state index contributed by atoms with van der Waals surface area (Å²) in [6, 6.07) is 9.73. The van der Waals surface area contributed by atoms with Gasteiger partial charge in [0.15, 0.2) is 0 Å². The van der Waals surface area contributed by atoms with Gasteiger partial charge in [-0.25, -0.2) is 9.37 Å². The van der Waals surface area contributed by atoms with Gasteiger partial charge in [-0.3, -0.25) is 9.78 Å². The topological polar surface area (TPSA) is 64.5 Å². The quantitative estimate of drug-likeness (QED) is 0.292. The Kier molecular flexibility index (Phi) is 7.65. The van der Waals surface area contributed by atoms with E-state index in [1.165, 1.54) is 0 Å². The number of ether oxygens (including phenoxy) is 2. The Morgan fingerprint density at radius 3 is 2.41 bits per heavy atom. The number of esters is 1. The minimum Gasteiger partial charge on any atom is -0.477 e. The van der Waals surface area contributed by atoms with E-state index in [4.69, 9.17) is 9.47 Å². The smallest absolute Gasteiger partial charge is 0.416 e. The molecule has 0 atom stereocenters. The van der Waals surface area contributed by atoms with Crippen LogP contribution in [0, 0.1) is 5.82 Å². The number of pyridine rings is 2. The van der Waals surface area contributed by atoms with Crippen molar-refractivity contribution in [1.82, 2.24) is 9.97 Å². The van der Waals surface area contributed by atoms with Crippen molar-refractivity contribution >= 4 is 11.7 Å². The van der Waals surface area contributed by atoms with Crippen LogP contribution in [0.3, 0.4) is 0 Å². The summed E-state index contributed by atoms with van der Waals surface area (Å²) >= 11 is 0. The summed E-state index contributed by atoms with van der Waals surface area (Å²) < 4.78 is 64.4. The molecule has 3 heterocycles. The molecular formula is C27H27F4N3O3. The van der Waals surface area contributed by atoms with Crippen molar-refractivity contribution in [1.29, 1.82) is 0 Å². The van der Waals surface area contributed by atoms with Gasteiger partial charge in [0.25, 0.3) is 0 Å². The average Bonchev–Trinajstić information content (AvgIpc) is 2.89. The summed E-state index contributed by atoms with van der Waals surface area (Å²) in [6.07, 6.45) is -0.803. The van der Waals surface area contributed by atoms with E-state index in [0.29, 0.717) is 35.4 Å². The Morgan fingerprint density at radius 1 is 1.05 bits per heavy atom. The predicted molar refractivity (Wildman–Crippen MR) is 130 cm³/mol. The van der Waals surface area contributed by atoms with E-state index in [9.17, 15) is 22.4 Å². The van der Waals surface area contributed by atoms with Crippen molar-refractivity contribution in [3.05, 3.63) is 71.8 Å². The summed E-state index contributed by atoms with van der Waals surface area (Å²) in [5, 5.41) is 0. The summed E-state index contributed by atoms with van der Waals surface area (Å²) in [7, 11) is 0. The predicted octanol–water partition coefficient (Wildman–Crippen LogP) is 5.80. The van der Waals surface area contributed by atoms with Crippen LogP contribution in [0.15, 0.2) is 54.9 Å². The molecule has 1 aliphatic heterocycles. The van der Waals surface area contributed by atoms with Gasteiger partial charge in [-0.15, -0.1) is 0 Å². The van der Waals surface area contributed by atoms with Crippen molar-refractivity contribution in [3.63, 3.8) is 0 Å². The van der Waals surface area contributed by atoms with Gasteiger partial charge in [0.2, 0.25) is 5.88 Å². The summed E-state index contributed by atoms with van der Waals surface area (Å²) in [4.78, 5) is 23.7. The number of nitrogens with zero attached hydrogens (tertiary/aromatic N) is 3. The zero-order valence-electron chi connectivity index (χ0n) is 20.5. The number of halogens is 4. The fourth-order valence-electron chi connectivity index (χ4n) is 4.62. The third-order valence-electron chi connectivity index (χ3n) is 6.54. The van der Waals surface area contributed by atoms with E-state index >= 15 is 0 Å². The molecule has 0 N–H and O–H groups in total. The number of rotatable bonds is 7. The zero-order valence-corrected chi connectivity index (χ0v) is 20.5.